The van der Waals surface area contributed by atoms with E-state index < -0.39 is 37.7 Å². The van der Waals surface area contributed by atoms with Gasteiger partial charge in [-0.15, -0.1) is 0 Å². The van der Waals surface area contributed by atoms with Gasteiger partial charge in [-0.2, -0.15) is 0 Å². The van der Waals surface area contributed by atoms with E-state index in [1.54, 1.807) is 6.20 Å². The Morgan fingerprint density at radius 1 is 1.00 bits per heavy atom. The van der Waals surface area contributed by atoms with Crippen molar-refractivity contribution < 1.29 is 27.5 Å². The van der Waals surface area contributed by atoms with Crippen LogP contribution in [-0.2, 0) is 27.1 Å². The molecule has 0 aliphatic carbocycles. The van der Waals surface area contributed by atoms with Crippen molar-refractivity contribution in [3.63, 3.8) is 0 Å². The van der Waals surface area contributed by atoms with Crippen molar-refractivity contribution >= 4 is 14.4 Å². The lowest BCUT2D eigenvalue weighted by molar-refractivity contribution is -0.0781. The third kappa shape index (κ3) is 7.74. The van der Waals surface area contributed by atoms with E-state index in [1.807, 2.05) is 65.2 Å². The Hall–Kier alpha value is -3.86. The number of nitrogens with zero attached hydrogens (tertiary/aromatic N) is 2. The molecule has 0 saturated carbocycles. The number of nitrogens with one attached hydrogen (secondary N) is 1. The Morgan fingerprint density at radius 2 is 1.63 bits per heavy atom. The molecule has 10 heteroatoms. The summed E-state index contributed by atoms with van der Waals surface area (Å²) in [6, 6.07) is 21.7. The molecule has 5 rings (SSSR count). The summed E-state index contributed by atoms with van der Waals surface area (Å²) in [4.78, 5) is 18.6. The Kier molecular flexibility index (Phi) is 10.1. The number of halogens is 2. The van der Waals surface area contributed by atoms with E-state index in [4.69, 9.17) is 18.9 Å². The molecule has 3 aromatic carbocycles. The van der Waals surface area contributed by atoms with Gasteiger partial charge in [0.1, 0.15) is 30.1 Å². The molecule has 244 valence electrons. The summed E-state index contributed by atoms with van der Waals surface area (Å²) in [6.07, 6.45) is 2.06. The highest BCUT2D eigenvalue weighted by atomic mass is 28.4. The van der Waals surface area contributed by atoms with Crippen LogP contribution < -0.4 is 5.32 Å². The Bertz CT molecular complexity index is 1620. The Labute approximate surface area is 271 Å². The summed E-state index contributed by atoms with van der Waals surface area (Å²) >= 11 is 0. The average Bonchev–Trinajstić information content (AvgIpc) is 3.43. The van der Waals surface area contributed by atoms with E-state index in [-0.39, 0.29) is 22.9 Å². The number of carbonyl (C=O) groups excluding carboxylic acids is 1. The van der Waals surface area contributed by atoms with E-state index in [0.717, 1.165) is 29.3 Å². The highest BCUT2D eigenvalue weighted by Crippen LogP contribution is 2.46. The zero-order valence-corrected chi connectivity index (χ0v) is 28.2. The first kappa shape index (κ1) is 33.5. The van der Waals surface area contributed by atoms with E-state index in [2.05, 4.69) is 39.2 Å². The molecule has 0 bridgehead atoms. The van der Waals surface area contributed by atoms with Crippen LogP contribution in [0, 0.1) is 11.6 Å². The lowest BCUT2D eigenvalue weighted by Gasteiger charge is -2.50. The lowest BCUT2D eigenvalue weighted by Crippen LogP contribution is -2.58. The predicted molar refractivity (Wildman–Crippen MR) is 177 cm³/mol. The number of hydrogen-bond acceptors (Lipinski definition) is 5. The van der Waals surface area contributed by atoms with E-state index in [9.17, 15) is 9.18 Å². The minimum absolute atomic E-state index is 0.0322. The quantitative estimate of drug-likeness (QED) is 0.175. The fraction of sp³-hybridized carbons (Fsp3) is 0.389. The molecule has 1 aliphatic rings. The van der Waals surface area contributed by atoms with Crippen molar-refractivity contribution in [1.82, 2.24) is 14.9 Å². The number of ether oxygens (including phenoxy) is 2. The molecule has 1 saturated heterocycles. The molecular formula is C36H43F2N3O4Si. The maximum Gasteiger partial charge on any atom is 0.408 e. The van der Waals surface area contributed by atoms with Crippen LogP contribution >= 0.6 is 0 Å². The van der Waals surface area contributed by atoms with Crippen molar-refractivity contribution in [2.45, 2.75) is 76.5 Å². The van der Waals surface area contributed by atoms with Crippen molar-refractivity contribution in [3.05, 3.63) is 114 Å². The van der Waals surface area contributed by atoms with Gasteiger partial charge in [-0.05, 0) is 47.5 Å². The van der Waals surface area contributed by atoms with Crippen LogP contribution in [-0.4, -0.2) is 42.8 Å². The number of aromatic nitrogens is 2. The van der Waals surface area contributed by atoms with Crippen molar-refractivity contribution in [3.8, 4) is 11.3 Å². The minimum atomic E-state index is -2.44. The van der Waals surface area contributed by atoms with Gasteiger partial charge in [0, 0.05) is 44.4 Å². The van der Waals surface area contributed by atoms with Crippen LogP contribution in [0.4, 0.5) is 13.6 Å². The largest absolute Gasteiger partial charge is 0.445 e. The smallest absolute Gasteiger partial charge is 0.408 e. The van der Waals surface area contributed by atoms with Gasteiger partial charge >= 0.3 is 6.09 Å². The first-order valence-corrected chi connectivity index (χ1v) is 18.6. The lowest BCUT2D eigenvalue weighted by atomic mass is 9.85. The van der Waals surface area contributed by atoms with Gasteiger partial charge in [0.05, 0.1) is 11.3 Å². The molecule has 0 unspecified atom stereocenters. The maximum absolute atomic E-state index is 15.1. The molecule has 0 radical (unpaired) electrons. The monoisotopic (exact) mass is 647 g/mol. The van der Waals surface area contributed by atoms with Gasteiger partial charge in [0.2, 0.25) is 0 Å². The van der Waals surface area contributed by atoms with Crippen molar-refractivity contribution in [2.75, 3.05) is 13.2 Å². The number of benzene rings is 3. The summed E-state index contributed by atoms with van der Waals surface area (Å²) in [5, 5.41) is 3.00. The standard InChI is InChI=1S/C36H43F2N3O4Si/c1-35(2,3)46(4,5)45-36(18-20-43-21-19-36)32(40-34(42)44-25-27-14-10-7-11-15-27)33-39-31(29-22-28(37)16-17-30(29)38)24-41(33)23-26-12-8-6-9-13-26/h6-17,22,24,32H,18-21,23,25H2,1-5H3,(H,40,42)/t32-/m0/s1. The average molecular weight is 648 g/mol. The SMILES string of the molecule is CC(C)(C)[Si](C)(C)OC1([C@@H](NC(=O)OCc2ccccc2)c2nc(-c3cc(F)ccc3F)cn2Cc2ccccc2)CCOCC1. The number of imidazole rings is 1. The molecule has 1 aliphatic heterocycles. The molecule has 2 heterocycles. The summed E-state index contributed by atoms with van der Waals surface area (Å²) in [5.41, 5.74) is 1.20. The molecule has 1 atom stereocenters. The highest BCUT2D eigenvalue weighted by molar-refractivity contribution is 6.74. The van der Waals surface area contributed by atoms with Crippen LogP contribution in [0.5, 0.6) is 0 Å². The van der Waals surface area contributed by atoms with Crippen LogP contribution in [0.2, 0.25) is 18.1 Å². The fourth-order valence-electron chi connectivity index (χ4n) is 5.53. The van der Waals surface area contributed by atoms with Gasteiger partial charge in [-0.3, -0.25) is 0 Å². The second kappa shape index (κ2) is 13.9. The highest BCUT2D eigenvalue weighted by Gasteiger charge is 2.51. The normalized spacial score (nSPS) is 15.7. The second-order valence-corrected chi connectivity index (χ2v) is 18.1. The molecule has 1 fully saturated rings. The Balaban J connectivity index is 1.64. The van der Waals surface area contributed by atoms with Crippen molar-refractivity contribution in [1.29, 1.82) is 0 Å². The van der Waals surface area contributed by atoms with E-state index in [0.29, 0.717) is 38.4 Å². The molecule has 1 N–H and O–H groups in total. The zero-order valence-electron chi connectivity index (χ0n) is 27.2. The fourth-order valence-corrected chi connectivity index (χ4v) is 7.18. The van der Waals surface area contributed by atoms with Gasteiger partial charge in [0.15, 0.2) is 8.32 Å². The topological polar surface area (TPSA) is 74.6 Å². The van der Waals surface area contributed by atoms with Crippen molar-refractivity contribution in [2.24, 2.45) is 0 Å². The van der Waals surface area contributed by atoms with Gasteiger partial charge in [-0.25, -0.2) is 18.6 Å². The van der Waals surface area contributed by atoms with Crippen LogP contribution in [0.25, 0.3) is 11.3 Å². The van der Waals surface area contributed by atoms with E-state index >= 15 is 4.39 Å². The summed E-state index contributed by atoms with van der Waals surface area (Å²) < 4.78 is 50.2. The van der Waals surface area contributed by atoms with Crippen LogP contribution in [0.1, 0.15) is 56.6 Å². The van der Waals surface area contributed by atoms with Gasteiger partial charge in [0.25, 0.3) is 0 Å². The molecule has 0 spiro atoms. The molecule has 4 aromatic rings. The molecule has 1 aromatic heterocycles. The minimum Gasteiger partial charge on any atom is -0.445 e. The molecule has 1 amide bonds. The third-order valence-corrected chi connectivity index (χ3v) is 13.6. The molecule has 46 heavy (non-hydrogen) atoms. The van der Waals surface area contributed by atoms with Gasteiger partial charge in [-0.1, -0.05) is 81.4 Å². The molecule has 7 nitrogen and oxygen atoms in total. The van der Waals surface area contributed by atoms with E-state index in [1.165, 1.54) is 0 Å². The number of alkyl carbamates (subject to hydrolysis) is 1. The Morgan fingerprint density at radius 3 is 2.26 bits per heavy atom. The predicted octanol–water partition coefficient (Wildman–Crippen LogP) is 8.42. The van der Waals surface area contributed by atoms with Crippen LogP contribution in [0.3, 0.4) is 0 Å². The first-order chi connectivity index (χ1) is 21.9. The summed E-state index contributed by atoms with van der Waals surface area (Å²) in [6.45, 7) is 12.2. The number of rotatable bonds is 10. The van der Waals surface area contributed by atoms with Crippen LogP contribution in [0.15, 0.2) is 85.1 Å². The summed E-state index contributed by atoms with van der Waals surface area (Å²) in [7, 11) is -2.44. The zero-order chi connectivity index (χ0) is 33.0. The summed E-state index contributed by atoms with van der Waals surface area (Å²) in [5.74, 6) is -0.709. The number of carbonyl (C=O) groups is 1. The van der Waals surface area contributed by atoms with Gasteiger partial charge < -0.3 is 23.8 Å². The molecular weight excluding hydrogens is 604 g/mol. The first-order valence-electron chi connectivity index (χ1n) is 15.7. The maximum atomic E-state index is 15.1. The number of hydrogen-bond donors (Lipinski definition) is 1. The second-order valence-electron chi connectivity index (χ2n) is 13.4. The number of amides is 1. The third-order valence-electron chi connectivity index (χ3n) is 9.07.